The third-order valence-corrected chi connectivity index (χ3v) is 3.89. The van der Waals surface area contributed by atoms with Crippen LogP contribution in [0.25, 0.3) is 0 Å². The van der Waals surface area contributed by atoms with Crippen LogP contribution < -0.4 is 9.64 Å². The van der Waals surface area contributed by atoms with E-state index in [1.807, 2.05) is 61.6 Å². The number of benzene rings is 2. The van der Waals surface area contributed by atoms with Crippen LogP contribution in [-0.2, 0) is 0 Å². The van der Waals surface area contributed by atoms with Crippen LogP contribution >= 0.6 is 0 Å². The van der Waals surface area contributed by atoms with E-state index in [1.165, 1.54) is 0 Å². The van der Waals surface area contributed by atoms with Gasteiger partial charge in [-0.1, -0.05) is 30.3 Å². The summed E-state index contributed by atoms with van der Waals surface area (Å²) in [6, 6.07) is 21.7. The summed E-state index contributed by atoms with van der Waals surface area (Å²) in [5.41, 5.74) is 2.02. The summed E-state index contributed by atoms with van der Waals surface area (Å²) < 4.78 is 5.17. The fourth-order valence-electron chi connectivity index (χ4n) is 2.55. The zero-order valence-corrected chi connectivity index (χ0v) is 13.3. The third kappa shape index (κ3) is 4.02. The second kappa shape index (κ2) is 7.87. The monoisotopic (exact) mass is 305 g/mol. The van der Waals surface area contributed by atoms with Gasteiger partial charge in [0.15, 0.2) is 0 Å². The van der Waals surface area contributed by atoms with Gasteiger partial charge in [0.1, 0.15) is 11.7 Å². The minimum atomic E-state index is -0.699. The Morgan fingerprint density at radius 1 is 1.00 bits per heavy atom. The zero-order chi connectivity index (χ0) is 16.7. The van der Waals surface area contributed by atoms with Crippen molar-refractivity contribution in [2.45, 2.75) is 5.92 Å². The summed E-state index contributed by atoms with van der Waals surface area (Å²) in [6.45, 7) is 0.585. The van der Waals surface area contributed by atoms with Gasteiger partial charge in [-0.2, -0.15) is 10.5 Å². The van der Waals surface area contributed by atoms with E-state index >= 15 is 0 Å². The number of nitriles is 2. The van der Waals surface area contributed by atoms with Gasteiger partial charge in [0.25, 0.3) is 0 Å². The number of rotatable bonds is 6. The Bertz CT molecular complexity index is 684. The Kier molecular flexibility index (Phi) is 5.61. The number of methoxy groups -OCH3 is 1. The molecular formula is C19H19N3O. The molecule has 0 N–H and O–H groups in total. The first-order chi connectivity index (χ1) is 11.2. The van der Waals surface area contributed by atoms with Crippen LogP contribution in [0.2, 0.25) is 0 Å². The molecule has 2 aromatic carbocycles. The van der Waals surface area contributed by atoms with Gasteiger partial charge >= 0.3 is 0 Å². The van der Waals surface area contributed by atoms with E-state index in [2.05, 4.69) is 17.0 Å². The number of anilines is 1. The van der Waals surface area contributed by atoms with Crippen LogP contribution in [0, 0.1) is 28.6 Å². The van der Waals surface area contributed by atoms with E-state index < -0.39 is 5.92 Å². The maximum absolute atomic E-state index is 9.33. The lowest BCUT2D eigenvalue weighted by Crippen LogP contribution is -2.27. The topological polar surface area (TPSA) is 60.0 Å². The van der Waals surface area contributed by atoms with Crippen molar-refractivity contribution in [1.82, 2.24) is 0 Å². The van der Waals surface area contributed by atoms with Gasteiger partial charge in [0.2, 0.25) is 0 Å². The van der Waals surface area contributed by atoms with Gasteiger partial charge in [-0.3, -0.25) is 0 Å². The van der Waals surface area contributed by atoms with Gasteiger partial charge in [0, 0.05) is 25.2 Å². The van der Waals surface area contributed by atoms with E-state index in [-0.39, 0.29) is 5.92 Å². The molecule has 116 valence electrons. The highest BCUT2D eigenvalue weighted by Crippen LogP contribution is 2.28. The normalized spacial score (nSPS) is 11.3. The molecule has 0 amide bonds. The van der Waals surface area contributed by atoms with Crippen molar-refractivity contribution >= 4 is 5.69 Å². The van der Waals surface area contributed by atoms with E-state index in [9.17, 15) is 10.5 Å². The predicted octanol–water partition coefficient (Wildman–Crippen LogP) is 3.58. The summed E-state index contributed by atoms with van der Waals surface area (Å²) in [7, 11) is 3.58. The summed E-state index contributed by atoms with van der Waals surface area (Å²) >= 11 is 0. The molecule has 4 heteroatoms. The Hall–Kier alpha value is -2.98. The maximum Gasteiger partial charge on any atom is 0.141 e. The highest BCUT2D eigenvalue weighted by atomic mass is 16.5. The molecule has 0 aliphatic heterocycles. The molecule has 2 aromatic rings. The van der Waals surface area contributed by atoms with Crippen molar-refractivity contribution in [3.05, 3.63) is 60.2 Å². The molecule has 0 saturated heterocycles. The molecule has 1 unspecified atom stereocenters. The van der Waals surface area contributed by atoms with Crippen molar-refractivity contribution in [2.75, 3.05) is 25.6 Å². The molecule has 0 spiro atoms. The van der Waals surface area contributed by atoms with Crippen molar-refractivity contribution < 1.29 is 4.74 Å². The average molecular weight is 305 g/mol. The van der Waals surface area contributed by atoms with E-state index in [4.69, 9.17) is 4.74 Å². The molecule has 0 saturated carbocycles. The van der Waals surface area contributed by atoms with Gasteiger partial charge in [-0.25, -0.2) is 0 Å². The first-order valence-electron chi connectivity index (χ1n) is 7.39. The summed E-state index contributed by atoms with van der Waals surface area (Å²) in [5, 5.41) is 18.7. The summed E-state index contributed by atoms with van der Waals surface area (Å²) in [6.07, 6.45) is 0. The molecule has 23 heavy (non-hydrogen) atoms. The standard InChI is InChI=1S/C19H19N3O/c1-22(17-6-4-3-5-7-17)14-19(16(12-20)13-21)15-8-10-18(23-2)11-9-15/h3-11,16,19H,14H2,1-2H3. The molecule has 0 heterocycles. The number of nitrogens with zero attached hydrogens (tertiary/aromatic N) is 3. The lowest BCUT2D eigenvalue weighted by molar-refractivity contribution is 0.414. The van der Waals surface area contributed by atoms with Crippen LogP contribution in [0.1, 0.15) is 11.5 Å². The smallest absolute Gasteiger partial charge is 0.141 e. The number of para-hydroxylation sites is 1. The predicted molar refractivity (Wildman–Crippen MR) is 90.2 cm³/mol. The Morgan fingerprint density at radius 3 is 2.13 bits per heavy atom. The first kappa shape index (κ1) is 16.4. The van der Waals surface area contributed by atoms with Crippen molar-refractivity contribution in [1.29, 1.82) is 10.5 Å². The summed E-state index contributed by atoms with van der Waals surface area (Å²) in [4.78, 5) is 2.07. The maximum atomic E-state index is 9.33. The van der Waals surface area contributed by atoms with Crippen LogP contribution in [0.4, 0.5) is 5.69 Å². The number of hydrogen-bond donors (Lipinski definition) is 0. The SMILES string of the molecule is COc1ccc(C(CN(C)c2ccccc2)C(C#N)C#N)cc1. The number of hydrogen-bond acceptors (Lipinski definition) is 4. The fraction of sp³-hybridized carbons (Fsp3) is 0.263. The molecule has 0 fully saturated rings. The van der Waals surface area contributed by atoms with Gasteiger partial charge < -0.3 is 9.64 Å². The Morgan fingerprint density at radius 2 is 1.61 bits per heavy atom. The Balaban J connectivity index is 2.27. The van der Waals surface area contributed by atoms with Crippen LogP contribution in [0.5, 0.6) is 5.75 Å². The second-order valence-corrected chi connectivity index (χ2v) is 5.33. The van der Waals surface area contributed by atoms with Crippen molar-refractivity contribution in [3.63, 3.8) is 0 Å². The lowest BCUT2D eigenvalue weighted by Gasteiger charge is -2.26. The lowest BCUT2D eigenvalue weighted by atomic mass is 9.87. The zero-order valence-electron chi connectivity index (χ0n) is 13.3. The molecular weight excluding hydrogens is 286 g/mol. The molecule has 0 aromatic heterocycles. The average Bonchev–Trinajstić information content (AvgIpc) is 2.62. The van der Waals surface area contributed by atoms with Crippen molar-refractivity contribution in [2.24, 2.45) is 5.92 Å². The number of ether oxygens (including phenoxy) is 1. The van der Waals surface area contributed by atoms with Crippen molar-refractivity contribution in [3.8, 4) is 17.9 Å². The summed E-state index contributed by atoms with van der Waals surface area (Å²) in [5.74, 6) is -0.134. The fourth-order valence-corrected chi connectivity index (χ4v) is 2.55. The minimum Gasteiger partial charge on any atom is -0.497 e. The molecule has 2 rings (SSSR count). The molecule has 0 bridgehead atoms. The van der Waals surface area contributed by atoms with E-state index in [1.54, 1.807) is 7.11 Å². The molecule has 0 aliphatic rings. The minimum absolute atomic E-state index is 0.193. The molecule has 4 nitrogen and oxygen atoms in total. The Labute approximate surface area is 137 Å². The first-order valence-corrected chi connectivity index (χ1v) is 7.39. The van der Waals surface area contributed by atoms with Crippen LogP contribution in [-0.4, -0.2) is 20.7 Å². The largest absolute Gasteiger partial charge is 0.497 e. The molecule has 1 atom stereocenters. The molecule has 0 aliphatic carbocycles. The second-order valence-electron chi connectivity index (χ2n) is 5.33. The van der Waals surface area contributed by atoms with Crippen LogP contribution in [0.3, 0.4) is 0 Å². The molecule has 0 radical (unpaired) electrons. The van der Waals surface area contributed by atoms with Gasteiger partial charge in [-0.15, -0.1) is 0 Å². The van der Waals surface area contributed by atoms with Crippen LogP contribution in [0.15, 0.2) is 54.6 Å². The number of likely N-dealkylation sites (N-methyl/N-ethyl adjacent to an activating group) is 1. The highest BCUT2D eigenvalue weighted by Gasteiger charge is 2.24. The quantitative estimate of drug-likeness (QED) is 0.818. The van der Waals surface area contributed by atoms with Gasteiger partial charge in [-0.05, 0) is 29.8 Å². The van der Waals surface area contributed by atoms with E-state index in [0.29, 0.717) is 6.54 Å². The third-order valence-electron chi connectivity index (χ3n) is 3.89. The van der Waals surface area contributed by atoms with Gasteiger partial charge in [0.05, 0.1) is 19.2 Å². The van der Waals surface area contributed by atoms with E-state index in [0.717, 1.165) is 17.0 Å². The highest BCUT2D eigenvalue weighted by molar-refractivity contribution is 5.46.